The van der Waals surface area contributed by atoms with Crippen molar-refractivity contribution in [3.05, 3.63) is 48.2 Å². The van der Waals surface area contributed by atoms with Crippen LogP contribution in [0.5, 0.6) is 5.75 Å². The van der Waals surface area contributed by atoms with Gasteiger partial charge in [0.15, 0.2) is 0 Å². The zero-order valence-corrected chi connectivity index (χ0v) is 9.63. The van der Waals surface area contributed by atoms with Gasteiger partial charge in [-0.2, -0.15) is 0 Å². The summed E-state index contributed by atoms with van der Waals surface area (Å²) in [5.74, 6) is 0.909. The van der Waals surface area contributed by atoms with Crippen molar-refractivity contribution in [1.29, 1.82) is 0 Å². The third-order valence-electron chi connectivity index (χ3n) is 3.55. The molecule has 1 heterocycles. The average molecular weight is 225 g/mol. The number of hydrogen-bond donors (Lipinski definition) is 1. The Morgan fingerprint density at radius 2 is 1.88 bits per heavy atom. The second-order valence-corrected chi connectivity index (χ2v) is 4.59. The van der Waals surface area contributed by atoms with Crippen LogP contribution in [0.2, 0.25) is 0 Å². The van der Waals surface area contributed by atoms with Gasteiger partial charge in [0.1, 0.15) is 11.4 Å². The lowest BCUT2D eigenvalue weighted by molar-refractivity contribution is 0.420. The van der Waals surface area contributed by atoms with E-state index in [0.29, 0.717) is 11.6 Å². The van der Waals surface area contributed by atoms with Gasteiger partial charge in [0.25, 0.3) is 0 Å². The number of rotatable bonds is 2. The van der Waals surface area contributed by atoms with Crippen LogP contribution >= 0.6 is 0 Å². The predicted molar refractivity (Wildman–Crippen MR) is 67.9 cm³/mol. The van der Waals surface area contributed by atoms with Crippen LogP contribution in [0.15, 0.2) is 42.6 Å². The molecule has 86 valence electrons. The normalized spacial score (nSPS) is 15.5. The number of nitrogens with zero attached hydrogens (tertiary/aromatic N) is 1. The lowest BCUT2D eigenvalue weighted by Gasteiger charge is -2.27. The van der Waals surface area contributed by atoms with Gasteiger partial charge in [0.2, 0.25) is 0 Å². The molecule has 3 rings (SSSR count). The fourth-order valence-corrected chi connectivity index (χ4v) is 2.39. The molecule has 2 heteroatoms. The Labute approximate surface area is 101 Å². The molecule has 0 unspecified atom stereocenters. The summed E-state index contributed by atoms with van der Waals surface area (Å²) < 4.78 is 0. The predicted octanol–water partition coefficient (Wildman–Crippen LogP) is 3.72. The minimum atomic E-state index is 0.263. The van der Waals surface area contributed by atoms with E-state index in [1.165, 1.54) is 24.8 Å². The third-order valence-corrected chi connectivity index (χ3v) is 3.55. The minimum absolute atomic E-state index is 0.263. The standard InChI is InChI=1S/C15H15NO/c17-14-9-4-10-16-15(14)13-8-2-1-7-12(13)11-5-3-6-11/h1-2,4,7-11,17H,3,5-6H2. The second kappa shape index (κ2) is 4.21. The lowest BCUT2D eigenvalue weighted by Crippen LogP contribution is -2.10. The molecule has 2 aromatic rings. The van der Waals surface area contributed by atoms with Crippen LogP contribution in [0, 0.1) is 0 Å². The first-order valence-electron chi connectivity index (χ1n) is 6.09. The number of benzene rings is 1. The van der Waals surface area contributed by atoms with Crippen molar-refractivity contribution >= 4 is 0 Å². The molecule has 1 fully saturated rings. The number of pyridine rings is 1. The van der Waals surface area contributed by atoms with E-state index < -0.39 is 0 Å². The SMILES string of the molecule is Oc1cccnc1-c1ccccc1C1CCC1. The van der Waals surface area contributed by atoms with Crippen molar-refractivity contribution < 1.29 is 5.11 Å². The van der Waals surface area contributed by atoms with Crippen molar-refractivity contribution in [2.75, 3.05) is 0 Å². The fourth-order valence-electron chi connectivity index (χ4n) is 2.39. The van der Waals surface area contributed by atoms with E-state index in [9.17, 15) is 5.11 Å². The van der Waals surface area contributed by atoms with Gasteiger partial charge in [-0.1, -0.05) is 30.7 Å². The fraction of sp³-hybridized carbons (Fsp3) is 0.267. The molecule has 0 aliphatic heterocycles. The van der Waals surface area contributed by atoms with E-state index in [1.807, 2.05) is 6.07 Å². The molecule has 17 heavy (non-hydrogen) atoms. The first kappa shape index (κ1) is 10.3. The van der Waals surface area contributed by atoms with E-state index in [-0.39, 0.29) is 5.75 Å². The van der Waals surface area contributed by atoms with Crippen molar-refractivity contribution in [2.24, 2.45) is 0 Å². The smallest absolute Gasteiger partial charge is 0.141 e. The van der Waals surface area contributed by atoms with Crippen molar-refractivity contribution in [3.8, 4) is 17.0 Å². The monoisotopic (exact) mass is 225 g/mol. The number of aromatic nitrogens is 1. The van der Waals surface area contributed by atoms with Gasteiger partial charge >= 0.3 is 0 Å². The van der Waals surface area contributed by atoms with E-state index in [1.54, 1.807) is 18.3 Å². The molecule has 1 aromatic heterocycles. The quantitative estimate of drug-likeness (QED) is 0.844. The highest BCUT2D eigenvalue weighted by molar-refractivity contribution is 5.69. The van der Waals surface area contributed by atoms with Gasteiger partial charge in [-0.05, 0) is 36.5 Å². The van der Waals surface area contributed by atoms with Crippen molar-refractivity contribution in [1.82, 2.24) is 4.98 Å². The Bertz CT molecular complexity index is 532. The Kier molecular flexibility index (Phi) is 2.56. The van der Waals surface area contributed by atoms with E-state index in [2.05, 4.69) is 23.2 Å². The molecule has 0 saturated heterocycles. The minimum Gasteiger partial charge on any atom is -0.506 e. The van der Waals surface area contributed by atoms with Crippen LogP contribution in [0.1, 0.15) is 30.7 Å². The Morgan fingerprint density at radius 3 is 2.59 bits per heavy atom. The average Bonchev–Trinajstić information content (AvgIpc) is 2.29. The molecule has 0 bridgehead atoms. The molecule has 0 radical (unpaired) electrons. The van der Waals surface area contributed by atoms with Crippen molar-refractivity contribution in [3.63, 3.8) is 0 Å². The Hall–Kier alpha value is -1.83. The maximum absolute atomic E-state index is 9.90. The van der Waals surface area contributed by atoms with Gasteiger partial charge in [-0.15, -0.1) is 0 Å². The highest BCUT2D eigenvalue weighted by Gasteiger charge is 2.23. The topological polar surface area (TPSA) is 33.1 Å². The summed E-state index contributed by atoms with van der Waals surface area (Å²) in [5.41, 5.74) is 3.11. The summed E-state index contributed by atoms with van der Waals surface area (Å²) in [6.45, 7) is 0. The molecule has 2 nitrogen and oxygen atoms in total. The molecule has 1 aromatic carbocycles. The van der Waals surface area contributed by atoms with E-state index in [4.69, 9.17) is 0 Å². The van der Waals surface area contributed by atoms with Gasteiger partial charge in [0, 0.05) is 11.8 Å². The Morgan fingerprint density at radius 1 is 1.06 bits per heavy atom. The van der Waals surface area contributed by atoms with Gasteiger partial charge < -0.3 is 5.11 Å². The molecule has 1 aliphatic rings. The van der Waals surface area contributed by atoms with Crippen LogP contribution in [0.3, 0.4) is 0 Å². The molecule has 0 spiro atoms. The van der Waals surface area contributed by atoms with Crippen LogP contribution in [-0.4, -0.2) is 10.1 Å². The van der Waals surface area contributed by atoms with Crippen LogP contribution in [-0.2, 0) is 0 Å². The molecule has 0 atom stereocenters. The maximum Gasteiger partial charge on any atom is 0.141 e. The number of hydrogen-bond acceptors (Lipinski definition) is 2. The maximum atomic E-state index is 9.90. The zero-order valence-electron chi connectivity index (χ0n) is 9.63. The molecular formula is C15H15NO. The first-order chi connectivity index (χ1) is 8.36. The largest absolute Gasteiger partial charge is 0.506 e. The summed E-state index contributed by atoms with van der Waals surface area (Å²) >= 11 is 0. The zero-order chi connectivity index (χ0) is 11.7. The van der Waals surface area contributed by atoms with Gasteiger partial charge in [-0.25, -0.2) is 0 Å². The third kappa shape index (κ3) is 1.80. The molecule has 1 N–H and O–H groups in total. The summed E-state index contributed by atoms with van der Waals surface area (Å²) in [5, 5.41) is 9.90. The summed E-state index contributed by atoms with van der Waals surface area (Å²) in [6.07, 6.45) is 5.55. The Balaban J connectivity index is 2.11. The highest BCUT2D eigenvalue weighted by atomic mass is 16.3. The molecule has 0 amide bonds. The van der Waals surface area contributed by atoms with Crippen LogP contribution in [0.25, 0.3) is 11.3 Å². The van der Waals surface area contributed by atoms with Crippen LogP contribution < -0.4 is 0 Å². The van der Waals surface area contributed by atoms with E-state index >= 15 is 0 Å². The second-order valence-electron chi connectivity index (χ2n) is 4.59. The molecule has 1 saturated carbocycles. The summed E-state index contributed by atoms with van der Waals surface area (Å²) in [4.78, 5) is 4.30. The van der Waals surface area contributed by atoms with Crippen molar-refractivity contribution in [2.45, 2.75) is 25.2 Å². The summed E-state index contributed by atoms with van der Waals surface area (Å²) in [7, 11) is 0. The molecule has 1 aliphatic carbocycles. The lowest BCUT2D eigenvalue weighted by atomic mass is 9.77. The summed E-state index contributed by atoms with van der Waals surface area (Å²) in [6, 6.07) is 11.7. The first-order valence-corrected chi connectivity index (χ1v) is 6.09. The van der Waals surface area contributed by atoms with E-state index in [0.717, 1.165) is 5.56 Å². The molecular weight excluding hydrogens is 210 g/mol. The van der Waals surface area contributed by atoms with Crippen LogP contribution in [0.4, 0.5) is 0 Å². The highest BCUT2D eigenvalue weighted by Crippen LogP contribution is 2.41. The van der Waals surface area contributed by atoms with Gasteiger partial charge in [-0.3, -0.25) is 4.98 Å². The van der Waals surface area contributed by atoms with Gasteiger partial charge in [0.05, 0.1) is 0 Å². The number of aromatic hydroxyl groups is 1.